The summed E-state index contributed by atoms with van der Waals surface area (Å²) < 4.78 is 40.5. The zero-order valence-electron chi connectivity index (χ0n) is 19.9. The van der Waals surface area contributed by atoms with Gasteiger partial charge in [-0.25, -0.2) is 8.78 Å². The summed E-state index contributed by atoms with van der Waals surface area (Å²) in [5.41, 5.74) is 6.05. The Labute approximate surface area is 209 Å². The molecule has 0 bridgehead atoms. The Balaban J connectivity index is 0.00000612. The van der Waals surface area contributed by atoms with Crippen molar-refractivity contribution in [2.75, 3.05) is 26.3 Å². The number of halogens is 3. The number of nitrogens with zero attached hydrogens (tertiary/aromatic N) is 1. The summed E-state index contributed by atoms with van der Waals surface area (Å²) in [4.78, 5) is 26.5. The fourth-order valence-corrected chi connectivity index (χ4v) is 3.25. The number of carbonyl (C=O) groups excluding carboxylic acids is 2. The molecule has 0 fully saturated rings. The van der Waals surface area contributed by atoms with Crippen molar-refractivity contribution in [1.82, 2.24) is 10.2 Å². The van der Waals surface area contributed by atoms with Crippen molar-refractivity contribution >= 4 is 30.1 Å². The van der Waals surface area contributed by atoms with Gasteiger partial charge in [-0.2, -0.15) is 0 Å². The number of ether oxygens (including phenoxy) is 2. The number of benzene rings is 2. The molecular formula is C24H31ClF2N4O4. The predicted molar refractivity (Wildman–Crippen MR) is 131 cm³/mol. The van der Waals surface area contributed by atoms with Gasteiger partial charge in [0.25, 0.3) is 11.8 Å². The van der Waals surface area contributed by atoms with Gasteiger partial charge in [0.2, 0.25) is 0 Å². The van der Waals surface area contributed by atoms with Gasteiger partial charge in [-0.15, -0.1) is 12.4 Å². The molecule has 192 valence electrons. The summed E-state index contributed by atoms with van der Waals surface area (Å²) in [6.07, 6.45) is -1.57. The molecule has 0 spiro atoms. The molecule has 8 nitrogen and oxygen atoms in total. The predicted octanol–water partition coefficient (Wildman–Crippen LogP) is 3.31. The van der Waals surface area contributed by atoms with Crippen LogP contribution in [0.4, 0.5) is 8.78 Å². The highest BCUT2D eigenvalue weighted by Crippen LogP contribution is 2.30. The zero-order chi connectivity index (χ0) is 25.3. The van der Waals surface area contributed by atoms with Gasteiger partial charge in [0.15, 0.2) is 24.3 Å². The average molecular weight is 513 g/mol. The fraction of sp³-hybridized carbons (Fsp3) is 0.375. The number of hydrogen-bond donors (Lipinski definition) is 3. The van der Waals surface area contributed by atoms with Crippen molar-refractivity contribution in [3.8, 4) is 5.75 Å². The minimum absolute atomic E-state index is 0. The largest absolute Gasteiger partial charge is 0.481 e. The smallest absolute Gasteiger partial charge is 0.260 e. The second-order valence-corrected chi connectivity index (χ2v) is 7.29. The van der Waals surface area contributed by atoms with E-state index in [-0.39, 0.29) is 43.1 Å². The molecule has 0 aliphatic carbocycles. The average Bonchev–Trinajstić information content (AvgIpc) is 2.82. The second-order valence-electron chi connectivity index (χ2n) is 7.29. The molecular weight excluding hydrogens is 482 g/mol. The molecule has 0 radical (unpaired) electrons. The lowest BCUT2D eigenvalue weighted by Gasteiger charge is -2.21. The number of carbonyl (C=O) groups is 2. The highest BCUT2D eigenvalue weighted by molar-refractivity contribution is 5.94. The molecule has 0 heterocycles. The third kappa shape index (κ3) is 7.90. The topological polar surface area (TPSA) is 118 Å². The van der Waals surface area contributed by atoms with Gasteiger partial charge >= 0.3 is 0 Å². The first-order valence-corrected chi connectivity index (χ1v) is 10.9. The van der Waals surface area contributed by atoms with Gasteiger partial charge in [-0.1, -0.05) is 24.3 Å². The van der Waals surface area contributed by atoms with Crippen LogP contribution in [-0.2, 0) is 20.9 Å². The highest BCUT2D eigenvalue weighted by atomic mass is 35.5. The van der Waals surface area contributed by atoms with E-state index >= 15 is 4.39 Å². The van der Waals surface area contributed by atoms with E-state index in [2.05, 4.69) is 5.32 Å². The van der Waals surface area contributed by atoms with Crippen LogP contribution in [0.15, 0.2) is 36.4 Å². The Morgan fingerprint density at radius 3 is 2.26 bits per heavy atom. The minimum Gasteiger partial charge on any atom is -0.481 e. The summed E-state index contributed by atoms with van der Waals surface area (Å²) in [7, 11) is 0. The number of amidine groups is 1. The van der Waals surface area contributed by atoms with Gasteiger partial charge in [-0.3, -0.25) is 15.0 Å². The lowest BCUT2D eigenvalue weighted by Crippen LogP contribution is -2.34. The molecule has 2 aromatic carbocycles. The van der Waals surface area contributed by atoms with Crippen molar-refractivity contribution < 1.29 is 27.8 Å². The van der Waals surface area contributed by atoms with Crippen molar-refractivity contribution in [2.24, 2.45) is 5.73 Å². The van der Waals surface area contributed by atoms with Crippen molar-refractivity contribution in [3.63, 3.8) is 0 Å². The molecule has 0 aromatic heterocycles. The summed E-state index contributed by atoms with van der Waals surface area (Å²) >= 11 is 0. The third-order valence-electron chi connectivity index (χ3n) is 5.12. The molecule has 0 saturated carbocycles. The van der Waals surface area contributed by atoms with Gasteiger partial charge < -0.3 is 25.4 Å². The number of likely N-dealkylation sites (N-methyl/N-ethyl adjacent to an activating group) is 1. The molecule has 35 heavy (non-hydrogen) atoms. The standard InChI is InChI=1S/C24H30F2N4O4.ClH/c1-4-30(5-2)19(31)14-34-18-12-11-17(25)20(21(18)26)22(33-6-3)24(32)29-13-15-7-9-16(10-8-15)23(27)28;/h7-12,22H,4-6,13-14H2,1-3H3,(H3,27,28)(H,29,32);1H/t22-;/m0./s1. The van der Waals surface area contributed by atoms with E-state index < -0.39 is 35.8 Å². The lowest BCUT2D eigenvalue weighted by atomic mass is 10.1. The Bertz CT molecular complexity index is 1020. The van der Waals surface area contributed by atoms with E-state index in [1.807, 2.05) is 0 Å². The van der Waals surface area contributed by atoms with Gasteiger partial charge in [0.05, 0.1) is 5.56 Å². The number of rotatable bonds is 12. The van der Waals surface area contributed by atoms with Gasteiger partial charge in [0.1, 0.15) is 11.7 Å². The van der Waals surface area contributed by atoms with Crippen LogP contribution in [0.25, 0.3) is 0 Å². The molecule has 0 unspecified atom stereocenters. The second kappa shape index (κ2) is 14.2. The molecule has 2 rings (SSSR count). The lowest BCUT2D eigenvalue weighted by molar-refractivity contribution is -0.134. The number of amides is 2. The molecule has 0 saturated heterocycles. The number of hydrogen-bond acceptors (Lipinski definition) is 5. The van der Waals surface area contributed by atoms with Crippen LogP contribution in [0.3, 0.4) is 0 Å². The van der Waals surface area contributed by atoms with Crippen LogP contribution in [0.5, 0.6) is 5.75 Å². The summed E-state index contributed by atoms with van der Waals surface area (Å²) in [5.74, 6) is -3.60. The summed E-state index contributed by atoms with van der Waals surface area (Å²) in [6.45, 7) is 5.82. The van der Waals surface area contributed by atoms with Crippen molar-refractivity contribution in [2.45, 2.75) is 33.4 Å². The Morgan fingerprint density at radius 1 is 1.09 bits per heavy atom. The maximum atomic E-state index is 15.2. The highest BCUT2D eigenvalue weighted by Gasteiger charge is 2.30. The monoisotopic (exact) mass is 512 g/mol. The van der Waals surface area contributed by atoms with E-state index in [9.17, 15) is 14.0 Å². The normalized spacial score (nSPS) is 11.2. The zero-order valence-corrected chi connectivity index (χ0v) is 20.7. The quantitative estimate of drug-likeness (QED) is 0.298. The van der Waals surface area contributed by atoms with Crippen LogP contribution < -0.4 is 15.8 Å². The number of nitrogens with two attached hydrogens (primary N) is 1. The Kier molecular flexibility index (Phi) is 12.1. The Morgan fingerprint density at radius 2 is 1.71 bits per heavy atom. The van der Waals surface area contributed by atoms with E-state index in [4.69, 9.17) is 20.6 Å². The van der Waals surface area contributed by atoms with E-state index in [1.165, 1.54) is 4.90 Å². The fourth-order valence-electron chi connectivity index (χ4n) is 3.25. The number of nitrogens with one attached hydrogen (secondary N) is 2. The third-order valence-corrected chi connectivity index (χ3v) is 5.12. The molecule has 2 amide bonds. The molecule has 1 atom stereocenters. The Hall–Kier alpha value is -3.24. The molecule has 2 aromatic rings. The van der Waals surface area contributed by atoms with Gasteiger partial charge in [-0.05, 0) is 38.5 Å². The molecule has 11 heteroatoms. The van der Waals surface area contributed by atoms with Crippen LogP contribution in [0.2, 0.25) is 0 Å². The minimum atomic E-state index is -1.57. The first-order valence-electron chi connectivity index (χ1n) is 10.9. The van der Waals surface area contributed by atoms with Crippen molar-refractivity contribution in [1.29, 1.82) is 5.41 Å². The molecule has 4 N–H and O–H groups in total. The first kappa shape index (κ1) is 29.8. The van der Waals surface area contributed by atoms with E-state index in [1.54, 1.807) is 45.0 Å². The van der Waals surface area contributed by atoms with Crippen LogP contribution >= 0.6 is 12.4 Å². The van der Waals surface area contributed by atoms with Gasteiger partial charge in [0, 0.05) is 31.8 Å². The number of nitrogen functional groups attached to an aromatic ring is 1. The summed E-state index contributed by atoms with van der Waals surface area (Å²) in [5, 5.41) is 10.0. The maximum absolute atomic E-state index is 15.2. The van der Waals surface area contributed by atoms with Crippen LogP contribution in [0, 0.1) is 17.0 Å². The van der Waals surface area contributed by atoms with Crippen molar-refractivity contribution in [3.05, 3.63) is 64.7 Å². The van der Waals surface area contributed by atoms with Crippen LogP contribution in [-0.4, -0.2) is 48.9 Å². The first-order chi connectivity index (χ1) is 16.2. The molecule has 0 aliphatic rings. The molecule has 0 aliphatic heterocycles. The SMILES string of the molecule is CCO[C@H](C(=O)NCc1ccc(C(=N)N)cc1)c1c(F)ccc(OCC(=O)N(CC)CC)c1F.Cl. The maximum Gasteiger partial charge on any atom is 0.260 e. The summed E-state index contributed by atoms with van der Waals surface area (Å²) in [6, 6.07) is 8.65. The van der Waals surface area contributed by atoms with E-state index in [0.717, 1.165) is 12.1 Å². The van der Waals surface area contributed by atoms with Crippen LogP contribution in [0.1, 0.15) is 43.6 Å². The van der Waals surface area contributed by atoms with E-state index in [0.29, 0.717) is 24.2 Å².